The summed E-state index contributed by atoms with van der Waals surface area (Å²) in [7, 11) is 0. The molecule has 0 fully saturated rings. The number of nitrogens with two attached hydrogens (primary N) is 1. The molecule has 0 aliphatic rings. The van der Waals surface area contributed by atoms with Crippen molar-refractivity contribution in [3.8, 4) is 11.4 Å². The van der Waals surface area contributed by atoms with Crippen molar-refractivity contribution in [2.24, 2.45) is 0 Å². The van der Waals surface area contributed by atoms with Gasteiger partial charge in [0.15, 0.2) is 5.82 Å². The lowest BCUT2D eigenvalue weighted by Gasteiger charge is -2.04. The smallest absolute Gasteiger partial charge is 0.239 e. The van der Waals surface area contributed by atoms with Gasteiger partial charge < -0.3 is 5.73 Å². The highest BCUT2D eigenvalue weighted by molar-refractivity contribution is 5.62. The average Bonchev–Trinajstić information content (AvgIpc) is 2.57. The fraction of sp³-hybridized carbons (Fsp3) is 0.200. The van der Waals surface area contributed by atoms with Crippen LogP contribution in [0.2, 0.25) is 0 Å². The third kappa shape index (κ3) is 1.35. The van der Waals surface area contributed by atoms with Gasteiger partial charge in [-0.05, 0) is 25.0 Å². The summed E-state index contributed by atoms with van der Waals surface area (Å²) in [6, 6.07) is 6.07. The third-order valence-electron chi connectivity index (χ3n) is 2.36. The number of aromatic amines is 1. The monoisotopic (exact) mass is 188 g/mol. The van der Waals surface area contributed by atoms with Gasteiger partial charge in [0.2, 0.25) is 5.95 Å². The molecule has 0 amide bonds. The van der Waals surface area contributed by atoms with Crippen LogP contribution in [0.5, 0.6) is 0 Å². The molecule has 3 N–H and O–H groups in total. The quantitative estimate of drug-likeness (QED) is 0.715. The van der Waals surface area contributed by atoms with E-state index in [2.05, 4.69) is 35.1 Å². The number of nitrogens with one attached hydrogen (secondary N) is 1. The lowest BCUT2D eigenvalue weighted by molar-refractivity contribution is 1.10. The van der Waals surface area contributed by atoms with Gasteiger partial charge in [0, 0.05) is 5.56 Å². The van der Waals surface area contributed by atoms with Gasteiger partial charge in [-0.15, -0.1) is 5.10 Å². The summed E-state index contributed by atoms with van der Waals surface area (Å²) >= 11 is 0. The SMILES string of the molecule is Cc1cccc(-c2nc(N)n[nH]2)c1C. The van der Waals surface area contributed by atoms with E-state index in [0.717, 1.165) is 11.4 Å². The Balaban J connectivity index is 2.57. The minimum atomic E-state index is 0.279. The Morgan fingerprint density at radius 3 is 2.71 bits per heavy atom. The van der Waals surface area contributed by atoms with Crippen LogP contribution < -0.4 is 5.73 Å². The molecule has 0 bridgehead atoms. The van der Waals surface area contributed by atoms with E-state index in [1.54, 1.807) is 0 Å². The lowest BCUT2D eigenvalue weighted by atomic mass is 10.0. The zero-order valence-corrected chi connectivity index (χ0v) is 8.20. The summed E-state index contributed by atoms with van der Waals surface area (Å²) in [6.45, 7) is 4.13. The van der Waals surface area contributed by atoms with E-state index < -0.39 is 0 Å². The predicted octanol–water partition coefficient (Wildman–Crippen LogP) is 1.67. The van der Waals surface area contributed by atoms with E-state index in [9.17, 15) is 0 Å². The largest absolute Gasteiger partial charge is 0.366 e. The number of aryl methyl sites for hydroxylation is 1. The van der Waals surface area contributed by atoms with Gasteiger partial charge in [-0.25, -0.2) is 0 Å². The van der Waals surface area contributed by atoms with Gasteiger partial charge >= 0.3 is 0 Å². The van der Waals surface area contributed by atoms with Crippen molar-refractivity contribution in [2.45, 2.75) is 13.8 Å². The summed E-state index contributed by atoms with van der Waals surface area (Å²) in [4.78, 5) is 4.09. The zero-order valence-electron chi connectivity index (χ0n) is 8.20. The van der Waals surface area contributed by atoms with Crippen LogP contribution in [0.3, 0.4) is 0 Å². The molecule has 1 aromatic carbocycles. The second-order valence-electron chi connectivity index (χ2n) is 3.29. The summed E-state index contributed by atoms with van der Waals surface area (Å²) in [5.74, 6) is 1.00. The molecule has 0 atom stereocenters. The van der Waals surface area contributed by atoms with Crippen LogP contribution in [0.1, 0.15) is 11.1 Å². The van der Waals surface area contributed by atoms with Crippen molar-refractivity contribution in [1.29, 1.82) is 0 Å². The standard InChI is InChI=1S/C10H12N4/c1-6-4-3-5-8(7(6)2)9-12-10(11)14-13-9/h3-5H,1-2H3,(H3,11,12,13,14). The van der Waals surface area contributed by atoms with E-state index >= 15 is 0 Å². The van der Waals surface area contributed by atoms with Crippen LogP contribution in [0.4, 0.5) is 5.95 Å². The Labute approximate surface area is 82.2 Å². The van der Waals surface area contributed by atoms with E-state index in [0.29, 0.717) is 0 Å². The molecule has 1 aromatic heterocycles. The van der Waals surface area contributed by atoms with Gasteiger partial charge in [-0.2, -0.15) is 4.98 Å². The highest BCUT2D eigenvalue weighted by Crippen LogP contribution is 2.22. The van der Waals surface area contributed by atoms with Crippen molar-refractivity contribution < 1.29 is 0 Å². The molecule has 0 unspecified atom stereocenters. The van der Waals surface area contributed by atoms with Crippen molar-refractivity contribution in [1.82, 2.24) is 15.2 Å². The van der Waals surface area contributed by atoms with E-state index in [4.69, 9.17) is 5.73 Å². The highest BCUT2D eigenvalue weighted by Gasteiger charge is 2.07. The molecule has 72 valence electrons. The van der Waals surface area contributed by atoms with Gasteiger partial charge in [-0.3, -0.25) is 5.10 Å². The molecule has 2 rings (SSSR count). The molecule has 1 heterocycles. The minimum Gasteiger partial charge on any atom is -0.366 e. The number of aromatic nitrogens is 3. The summed E-state index contributed by atoms with van der Waals surface area (Å²) in [5.41, 5.74) is 8.93. The number of hydrogen-bond donors (Lipinski definition) is 2. The van der Waals surface area contributed by atoms with Crippen molar-refractivity contribution in [2.75, 3.05) is 5.73 Å². The van der Waals surface area contributed by atoms with Crippen LogP contribution in [0, 0.1) is 13.8 Å². The summed E-state index contributed by atoms with van der Waals surface area (Å²) in [5, 5.41) is 6.61. The maximum Gasteiger partial charge on any atom is 0.239 e. The van der Waals surface area contributed by atoms with Crippen LogP contribution >= 0.6 is 0 Å². The molecule has 0 aliphatic heterocycles. The lowest BCUT2D eigenvalue weighted by Crippen LogP contribution is -1.89. The maximum atomic E-state index is 5.45. The first-order valence-electron chi connectivity index (χ1n) is 4.43. The molecule has 0 spiro atoms. The first kappa shape index (κ1) is 8.74. The Morgan fingerprint density at radius 2 is 2.07 bits per heavy atom. The second-order valence-corrected chi connectivity index (χ2v) is 3.29. The highest BCUT2D eigenvalue weighted by atomic mass is 15.3. The number of rotatable bonds is 1. The Hall–Kier alpha value is -1.84. The van der Waals surface area contributed by atoms with Crippen molar-refractivity contribution in [3.63, 3.8) is 0 Å². The Bertz CT molecular complexity index is 459. The maximum absolute atomic E-state index is 5.45. The molecular weight excluding hydrogens is 176 g/mol. The Kier molecular flexibility index (Phi) is 1.96. The molecule has 0 aliphatic carbocycles. The van der Waals surface area contributed by atoms with E-state index in [1.165, 1.54) is 11.1 Å². The third-order valence-corrected chi connectivity index (χ3v) is 2.36. The van der Waals surface area contributed by atoms with Crippen molar-refractivity contribution >= 4 is 5.95 Å². The molecule has 0 saturated heterocycles. The first-order valence-corrected chi connectivity index (χ1v) is 4.43. The van der Waals surface area contributed by atoms with Gasteiger partial charge in [0.05, 0.1) is 0 Å². The van der Waals surface area contributed by atoms with Crippen LogP contribution in [0.25, 0.3) is 11.4 Å². The number of H-pyrrole nitrogens is 1. The molecule has 0 saturated carbocycles. The fourth-order valence-electron chi connectivity index (χ4n) is 1.40. The number of anilines is 1. The number of benzene rings is 1. The minimum absolute atomic E-state index is 0.279. The molecule has 0 radical (unpaired) electrons. The average molecular weight is 188 g/mol. The first-order chi connectivity index (χ1) is 6.68. The number of nitrogen functional groups attached to an aromatic ring is 1. The molecule has 4 heteroatoms. The Morgan fingerprint density at radius 1 is 1.29 bits per heavy atom. The predicted molar refractivity (Wildman–Crippen MR) is 55.7 cm³/mol. The second kappa shape index (κ2) is 3.14. The van der Waals surface area contributed by atoms with Crippen molar-refractivity contribution in [3.05, 3.63) is 29.3 Å². The molecule has 14 heavy (non-hydrogen) atoms. The van der Waals surface area contributed by atoms with Gasteiger partial charge in [0.1, 0.15) is 0 Å². The normalized spacial score (nSPS) is 10.4. The fourth-order valence-corrected chi connectivity index (χ4v) is 1.40. The molecule has 2 aromatic rings. The number of hydrogen-bond acceptors (Lipinski definition) is 3. The molecular formula is C10H12N4. The summed E-state index contributed by atoms with van der Waals surface area (Å²) in [6.07, 6.45) is 0. The van der Waals surface area contributed by atoms with Gasteiger partial charge in [0.25, 0.3) is 0 Å². The van der Waals surface area contributed by atoms with Crippen LogP contribution in [-0.4, -0.2) is 15.2 Å². The van der Waals surface area contributed by atoms with Crippen LogP contribution in [-0.2, 0) is 0 Å². The van der Waals surface area contributed by atoms with E-state index in [-0.39, 0.29) is 5.95 Å². The zero-order chi connectivity index (χ0) is 10.1. The molecule has 4 nitrogen and oxygen atoms in total. The number of nitrogens with zero attached hydrogens (tertiary/aromatic N) is 2. The summed E-state index contributed by atoms with van der Waals surface area (Å²) < 4.78 is 0. The van der Waals surface area contributed by atoms with E-state index in [1.807, 2.05) is 12.1 Å². The van der Waals surface area contributed by atoms with Gasteiger partial charge in [-0.1, -0.05) is 18.2 Å². The van der Waals surface area contributed by atoms with Crippen LogP contribution in [0.15, 0.2) is 18.2 Å². The topological polar surface area (TPSA) is 67.6 Å².